The van der Waals surface area contributed by atoms with E-state index in [9.17, 15) is 0 Å². The Morgan fingerprint density at radius 1 is 0.741 bits per heavy atom. The summed E-state index contributed by atoms with van der Waals surface area (Å²) in [5, 5.41) is 2.85. The number of fused-ring (bicyclic) bond motifs is 2. The number of likely N-dealkylation sites (N-methyl/N-ethyl adjacent to an activating group) is 1. The number of nitrogens with zero attached hydrogens (tertiary/aromatic N) is 4. The van der Waals surface area contributed by atoms with Gasteiger partial charge in [-0.15, -0.1) is 0 Å². The highest BCUT2D eigenvalue weighted by Gasteiger charge is 2.38. The zero-order valence-electron chi connectivity index (χ0n) is 15.8. The van der Waals surface area contributed by atoms with Crippen molar-refractivity contribution in [3.63, 3.8) is 0 Å². The lowest BCUT2D eigenvalue weighted by Crippen LogP contribution is -2.32. The largest absolute Gasteiger partial charge is 0.352 e. The van der Waals surface area contributed by atoms with Gasteiger partial charge in [0.15, 0.2) is 0 Å². The van der Waals surface area contributed by atoms with Crippen molar-refractivity contribution in [1.29, 1.82) is 0 Å². The molecule has 1 saturated heterocycles. The molecule has 3 heterocycles. The van der Waals surface area contributed by atoms with Crippen molar-refractivity contribution in [2.75, 3.05) is 46.3 Å². The number of amidine groups is 1. The van der Waals surface area contributed by atoms with Crippen molar-refractivity contribution in [3.05, 3.63) is 72.6 Å². The van der Waals surface area contributed by atoms with Crippen molar-refractivity contribution in [3.8, 4) is 0 Å². The smallest absolute Gasteiger partial charge is 0.275 e. The first-order valence-electron chi connectivity index (χ1n) is 9.78. The quantitative estimate of drug-likeness (QED) is 0.599. The molecule has 0 unspecified atom stereocenters. The average molecular weight is 377 g/mol. The molecule has 0 amide bonds. The lowest BCUT2D eigenvalue weighted by Gasteiger charge is -2.32. The first-order chi connectivity index (χ1) is 13.3. The summed E-state index contributed by atoms with van der Waals surface area (Å²) < 4.78 is 5.07. The molecule has 3 aliphatic heterocycles. The molecule has 0 radical (unpaired) electrons. The van der Waals surface area contributed by atoms with Crippen molar-refractivity contribution in [2.24, 2.45) is 0 Å². The molecule has 0 saturated carbocycles. The molecule has 27 heavy (non-hydrogen) atoms. The van der Waals surface area contributed by atoms with Gasteiger partial charge in [-0.2, -0.15) is 0 Å². The van der Waals surface area contributed by atoms with Crippen LogP contribution >= 0.6 is 8.07 Å². The zero-order valence-corrected chi connectivity index (χ0v) is 16.7. The molecule has 3 aliphatic rings. The molecule has 0 atom stereocenters. The lowest BCUT2D eigenvalue weighted by atomic mass is 10.4. The van der Waals surface area contributed by atoms with Gasteiger partial charge in [0.25, 0.3) is 5.84 Å². The molecule has 4 nitrogen and oxygen atoms in total. The van der Waals surface area contributed by atoms with Gasteiger partial charge in [0.05, 0.1) is 27.7 Å². The average Bonchev–Trinajstić information content (AvgIpc) is 3.21. The molecule has 0 aliphatic carbocycles. The van der Waals surface area contributed by atoms with E-state index in [0.717, 1.165) is 39.3 Å². The van der Waals surface area contributed by atoms with E-state index < -0.39 is 8.07 Å². The Morgan fingerprint density at radius 2 is 1.33 bits per heavy atom. The number of benzene rings is 2. The molecule has 0 N–H and O–H groups in total. The predicted molar refractivity (Wildman–Crippen MR) is 113 cm³/mol. The Kier molecular flexibility index (Phi) is 4.37. The van der Waals surface area contributed by atoms with Crippen molar-refractivity contribution in [2.45, 2.75) is 0 Å². The van der Waals surface area contributed by atoms with E-state index in [1.165, 1.54) is 22.3 Å². The summed E-state index contributed by atoms with van der Waals surface area (Å²) >= 11 is 0. The summed E-state index contributed by atoms with van der Waals surface area (Å²) in [6.07, 6.45) is 2.44. The minimum Gasteiger partial charge on any atom is -0.352 e. The number of hydrogen-bond acceptors (Lipinski definition) is 3. The summed E-state index contributed by atoms with van der Waals surface area (Å²) in [7, 11) is 1.65. The number of hydrogen-bond donors (Lipinski definition) is 0. The maximum Gasteiger partial charge on any atom is 0.275 e. The monoisotopic (exact) mass is 377 g/mol. The third kappa shape index (κ3) is 3.02. The second kappa shape index (κ2) is 7.01. The van der Waals surface area contributed by atoms with Gasteiger partial charge in [0.1, 0.15) is 25.5 Å². The normalized spacial score (nSPS) is 19.3. The fraction of sp³-hybridized carbons (Fsp3) is 0.318. The van der Waals surface area contributed by atoms with E-state index in [4.69, 9.17) is 0 Å². The van der Waals surface area contributed by atoms with E-state index in [0.29, 0.717) is 0 Å². The highest BCUT2D eigenvalue weighted by atomic mass is 31.1. The maximum absolute atomic E-state index is 2.67. The van der Waals surface area contributed by atoms with Crippen LogP contribution in [0.5, 0.6) is 0 Å². The van der Waals surface area contributed by atoms with Crippen molar-refractivity contribution >= 4 is 24.5 Å². The summed E-state index contributed by atoms with van der Waals surface area (Å²) in [6, 6.07) is 22.1. The van der Waals surface area contributed by atoms with Crippen molar-refractivity contribution in [1.82, 2.24) is 14.5 Å². The second-order valence-electron chi connectivity index (χ2n) is 7.36. The van der Waals surface area contributed by atoms with Gasteiger partial charge < -0.3 is 9.57 Å². The SMILES string of the molecule is C[N+]1=C2C=C3N(CCN2CC1)CCN3P(c1ccccc1)c1ccccc1. The zero-order chi connectivity index (χ0) is 18.2. The molecule has 5 rings (SSSR count). The van der Waals surface area contributed by atoms with Crippen LogP contribution in [0.1, 0.15) is 0 Å². The Balaban J connectivity index is 1.60. The molecule has 1 fully saturated rings. The lowest BCUT2D eigenvalue weighted by molar-refractivity contribution is -0.485. The van der Waals surface area contributed by atoms with Gasteiger partial charge in [-0.05, 0) is 0 Å². The van der Waals surface area contributed by atoms with Crippen LogP contribution < -0.4 is 10.6 Å². The molecule has 5 heteroatoms. The minimum absolute atomic E-state index is 0.567. The van der Waals surface area contributed by atoms with E-state index in [-0.39, 0.29) is 0 Å². The van der Waals surface area contributed by atoms with Crippen LogP contribution in [0.25, 0.3) is 0 Å². The van der Waals surface area contributed by atoms with Gasteiger partial charge in [0, 0.05) is 23.7 Å². The van der Waals surface area contributed by atoms with Gasteiger partial charge in [-0.1, -0.05) is 60.7 Å². The van der Waals surface area contributed by atoms with E-state index in [1.54, 1.807) is 0 Å². The first kappa shape index (κ1) is 16.8. The fourth-order valence-electron chi connectivity index (χ4n) is 4.29. The molecule has 138 valence electrons. The van der Waals surface area contributed by atoms with Crippen molar-refractivity contribution < 1.29 is 4.58 Å². The predicted octanol–water partition coefficient (Wildman–Crippen LogP) is 1.86. The van der Waals surface area contributed by atoms with E-state index in [1.807, 2.05) is 0 Å². The Hall–Kier alpha value is -2.32. The summed E-state index contributed by atoms with van der Waals surface area (Å²) in [5.74, 6) is 2.79. The summed E-state index contributed by atoms with van der Waals surface area (Å²) in [6.45, 7) is 6.74. The molecular formula is C22H26N4P+. The molecule has 0 aromatic heterocycles. The Bertz CT molecular complexity index is 838. The molecular weight excluding hydrogens is 351 g/mol. The van der Waals surface area contributed by atoms with Gasteiger partial charge in [-0.3, -0.25) is 9.48 Å². The van der Waals surface area contributed by atoms with Crippen LogP contribution in [0.4, 0.5) is 0 Å². The van der Waals surface area contributed by atoms with Crippen LogP contribution in [0.2, 0.25) is 0 Å². The molecule has 2 aromatic carbocycles. The van der Waals surface area contributed by atoms with Gasteiger partial charge in [-0.25, -0.2) is 0 Å². The fourth-order valence-corrected chi connectivity index (χ4v) is 6.74. The van der Waals surface area contributed by atoms with Crippen LogP contribution in [0.15, 0.2) is 72.6 Å². The van der Waals surface area contributed by atoms with E-state index in [2.05, 4.69) is 92.8 Å². The van der Waals surface area contributed by atoms with Gasteiger partial charge >= 0.3 is 0 Å². The molecule has 0 bridgehead atoms. The molecule has 0 spiro atoms. The summed E-state index contributed by atoms with van der Waals surface area (Å²) in [4.78, 5) is 5.12. The molecule has 2 aromatic rings. The Labute approximate surface area is 162 Å². The Morgan fingerprint density at radius 3 is 2.00 bits per heavy atom. The minimum atomic E-state index is -0.567. The highest BCUT2D eigenvalue weighted by molar-refractivity contribution is 7.71. The maximum atomic E-state index is 2.67. The third-order valence-corrected chi connectivity index (χ3v) is 8.19. The number of rotatable bonds is 3. The standard InChI is InChI=1S/C22H26N4P/c1-23-12-13-24-14-15-25-16-17-26(22(25)18-21(23)24)27(19-8-4-2-5-9-19)20-10-6-3-7-11-20/h2-11,18H,12-17H2,1H3/q+1. The van der Waals surface area contributed by atoms with Crippen LogP contribution in [0, 0.1) is 0 Å². The van der Waals surface area contributed by atoms with Crippen LogP contribution in [-0.2, 0) is 0 Å². The van der Waals surface area contributed by atoms with Gasteiger partial charge in [0.2, 0.25) is 0 Å². The summed E-state index contributed by atoms with van der Waals surface area (Å²) in [5.41, 5.74) is 0. The van der Waals surface area contributed by atoms with Crippen LogP contribution in [-0.4, -0.2) is 71.2 Å². The third-order valence-electron chi connectivity index (χ3n) is 5.73. The topological polar surface area (TPSA) is 12.7 Å². The van der Waals surface area contributed by atoms with E-state index >= 15 is 0 Å². The first-order valence-corrected chi connectivity index (χ1v) is 11.1. The van der Waals surface area contributed by atoms with Crippen LogP contribution in [0.3, 0.4) is 0 Å². The highest BCUT2D eigenvalue weighted by Crippen LogP contribution is 2.44. The second-order valence-corrected chi connectivity index (χ2v) is 9.50.